The van der Waals surface area contributed by atoms with Crippen molar-refractivity contribution in [2.75, 3.05) is 7.11 Å². The van der Waals surface area contributed by atoms with Gasteiger partial charge in [0.25, 0.3) is 0 Å². The van der Waals surface area contributed by atoms with E-state index in [9.17, 15) is 9.90 Å². The van der Waals surface area contributed by atoms with E-state index in [-0.39, 0.29) is 0 Å². The number of aromatic nitrogens is 1. The van der Waals surface area contributed by atoms with Crippen LogP contribution in [0.5, 0.6) is 5.75 Å². The lowest BCUT2D eigenvalue weighted by molar-refractivity contribution is -0.138. The van der Waals surface area contributed by atoms with Gasteiger partial charge in [-0.1, -0.05) is 11.8 Å². The zero-order chi connectivity index (χ0) is 14.0. The molecule has 0 fully saturated rings. The van der Waals surface area contributed by atoms with Crippen molar-refractivity contribution in [2.45, 2.75) is 23.6 Å². The topological polar surface area (TPSA) is 59.4 Å². The van der Waals surface area contributed by atoms with Gasteiger partial charge in [-0.05, 0) is 43.5 Å². The van der Waals surface area contributed by atoms with Gasteiger partial charge in [-0.15, -0.1) is 0 Å². The van der Waals surface area contributed by atoms with Crippen LogP contribution in [0.15, 0.2) is 35.5 Å². The first-order valence-corrected chi connectivity index (χ1v) is 6.61. The molecule has 0 bridgehead atoms. The molecule has 0 aliphatic heterocycles. The van der Waals surface area contributed by atoms with E-state index in [4.69, 9.17) is 4.74 Å². The van der Waals surface area contributed by atoms with Crippen molar-refractivity contribution >= 4 is 28.5 Å². The molecule has 0 aliphatic carbocycles. The number of benzene rings is 1. The van der Waals surface area contributed by atoms with Crippen molar-refractivity contribution in [3.05, 3.63) is 30.5 Å². The zero-order valence-corrected chi connectivity index (χ0v) is 11.8. The van der Waals surface area contributed by atoms with Gasteiger partial charge in [-0.3, -0.25) is 4.79 Å². The summed E-state index contributed by atoms with van der Waals surface area (Å²) in [6, 6.07) is 7.55. The Bertz CT molecular complexity index is 625. The number of hydrogen-bond acceptors (Lipinski definition) is 4. The second kappa shape index (κ2) is 5.09. The van der Waals surface area contributed by atoms with Gasteiger partial charge >= 0.3 is 5.97 Å². The number of ether oxygens (including phenoxy) is 1. The maximum Gasteiger partial charge on any atom is 0.319 e. The normalized spacial score (nSPS) is 11.5. The van der Waals surface area contributed by atoms with Gasteiger partial charge < -0.3 is 9.84 Å². The van der Waals surface area contributed by atoms with Crippen LogP contribution in [0.4, 0.5) is 0 Å². The van der Waals surface area contributed by atoms with E-state index >= 15 is 0 Å². The van der Waals surface area contributed by atoms with Crippen LogP contribution in [-0.2, 0) is 4.79 Å². The average molecular weight is 277 g/mol. The minimum Gasteiger partial charge on any atom is -0.497 e. The molecule has 0 amide bonds. The summed E-state index contributed by atoms with van der Waals surface area (Å²) in [6.45, 7) is 3.34. The monoisotopic (exact) mass is 277 g/mol. The van der Waals surface area contributed by atoms with Crippen LogP contribution in [0.25, 0.3) is 10.8 Å². The Labute approximate surface area is 115 Å². The lowest BCUT2D eigenvalue weighted by Crippen LogP contribution is -2.27. The molecule has 100 valence electrons. The third-order valence-electron chi connectivity index (χ3n) is 2.80. The molecule has 1 N–H and O–H groups in total. The van der Waals surface area contributed by atoms with Crippen LogP contribution in [-0.4, -0.2) is 27.9 Å². The van der Waals surface area contributed by atoms with Gasteiger partial charge in [-0.25, -0.2) is 4.98 Å². The maximum absolute atomic E-state index is 11.2. The summed E-state index contributed by atoms with van der Waals surface area (Å²) in [7, 11) is 1.62. The number of pyridine rings is 1. The van der Waals surface area contributed by atoms with Gasteiger partial charge in [-0.2, -0.15) is 0 Å². The molecule has 0 saturated carbocycles. The third-order valence-corrected chi connectivity index (χ3v) is 4.01. The molecule has 1 aromatic heterocycles. The number of thioether (sulfide) groups is 1. The standard InChI is InChI=1S/C14H15NO3S/c1-14(2,13(16)17)19-12-11-5-4-10(18-3)8-9(11)6-7-15-12/h4-8H,1-3H3,(H,16,17). The van der Waals surface area contributed by atoms with Crippen molar-refractivity contribution < 1.29 is 14.6 Å². The highest BCUT2D eigenvalue weighted by Gasteiger charge is 2.29. The highest BCUT2D eigenvalue weighted by atomic mass is 32.2. The number of aliphatic carboxylic acids is 1. The van der Waals surface area contributed by atoms with Crippen LogP contribution in [0.3, 0.4) is 0 Å². The summed E-state index contributed by atoms with van der Waals surface area (Å²) in [5.74, 6) is -0.0861. The van der Waals surface area contributed by atoms with E-state index in [1.165, 1.54) is 11.8 Å². The van der Waals surface area contributed by atoms with Crippen LogP contribution in [0.2, 0.25) is 0 Å². The predicted octanol–water partition coefficient (Wildman–Crippen LogP) is 3.20. The van der Waals surface area contributed by atoms with E-state index in [1.807, 2.05) is 24.3 Å². The van der Waals surface area contributed by atoms with Crippen molar-refractivity contribution in [2.24, 2.45) is 0 Å². The van der Waals surface area contributed by atoms with Crippen molar-refractivity contribution in [1.29, 1.82) is 0 Å². The highest BCUT2D eigenvalue weighted by molar-refractivity contribution is 8.01. The first kappa shape index (κ1) is 13.7. The third kappa shape index (κ3) is 2.81. The van der Waals surface area contributed by atoms with E-state index in [2.05, 4.69) is 4.98 Å². The molecule has 4 nitrogen and oxygen atoms in total. The number of fused-ring (bicyclic) bond motifs is 1. The summed E-state index contributed by atoms with van der Waals surface area (Å²) in [4.78, 5) is 15.5. The second-order valence-corrected chi connectivity index (χ2v) is 6.23. The predicted molar refractivity (Wildman–Crippen MR) is 75.9 cm³/mol. The molecule has 0 saturated heterocycles. The first-order chi connectivity index (χ1) is 8.94. The van der Waals surface area contributed by atoms with Crippen LogP contribution in [0.1, 0.15) is 13.8 Å². The number of methoxy groups -OCH3 is 1. The molecule has 0 atom stereocenters. The Kier molecular flexibility index (Phi) is 3.66. The van der Waals surface area contributed by atoms with E-state index < -0.39 is 10.7 Å². The Morgan fingerprint density at radius 2 is 2.11 bits per heavy atom. The fraction of sp³-hybridized carbons (Fsp3) is 0.286. The Balaban J connectivity index is 2.47. The molecule has 19 heavy (non-hydrogen) atoms. The quantitative estimate of drug-likeness (QED) is 0.870. The Morgan fingerprint density at radius 3 is 2.74 bits per heavy atom. The van der Waals surface area contributed by atoms with Gasteiger partial charge in [0, 0.05) is 11.6 Å². The van der Waals surface area contributed by atoms with Crippen LogP contribution in [0, 0.1) is 0 Å². The van der Waals surface area contributed by atoms with Gasteiger partial charge in [0.15, 0.2) is 0 Å². The molecular weight excluding hydrogens is 262 g/mol. The first-order valence-electron chi connectivity index (χ1n) is 5.79. The number of carbonyl (C=O) groups is 1. The Hall–Kier alpha value is -1.75. The minimum absolute atomic E-state index is 0.715. The number of rotatable bonds is 4. The van der Waals surface area contributed by atoms with E-state index in [1.54, 1.807) is 27.2 Å². The SMILES string of the molecule is COc1ccc2c(SC(C)(C)C(=O)O)nccc2c1. The van der Waals surface area contributed by atoms with Gasteiger partial charge in [0.1, 0.15) is 15.5 Å². The van der Waals surface area contributed by atoms with Crippen molar-refractivity contribution in [3.8, 4) is 5.75 Å². The van der Waals surface area contributed by atoms with Gasteiger partial charge in [0.05, 0.1) is 7.11 Å². The number of nitrogens with zero attached hydrogens (tertiary/aromatic N) is 1. The number of carboxylic acids is 1. The summed E-state index contributed by atoms with van der Waals surface area (Å²) in [5, 5.41) is 11.8. The number of carboxylic acid groups (broad SMARTS) is 1. The summed E-state index contributed by atoms with van der Waals surface area (Å²) in [5.41, 5.74) is 0. The highest BCUT2D eigenvalue weighted by Crippen LogP contribution is 2.36. The summed E-state index contributed by atoms with van der Waals surface area (Å²) in [6.07, 6.45) is 1.68. The van der Waals surface area contributed by atoms with Crippen molar-refractivity contribution in [1.82, 2.24) is 4.98 Å². The van der Waals surface area contributed by atoms with Crippen LogP contribution < -0.4 is 4.74 Å². The van der Waals surface area contributed by atoms with Gasteiger partial charge in [0.2, 0.25) is 0 Å². The minimum atomic E-state index is -0.915. The lowest BCUT2D eigenvalue weighted by atomic mass is 10.2. The molecule has 5 heteroatoms. The van der Waals surface area contributed by atoms with E-state index in [0.717, 1.165) is 16.5 Å². The maximum atomic E-state index is 11.2. The molecule has 0 radical (unpaired) electrons. The molecule has 2 aromatic rings. The van der Waals surface area contributed by atoms with E-state index in [0.29, 0.717) is 5.03 Å². The fourth-order valence-corrected chi connectivity index (χ4v) is 2.60. The molecular formula is C14H15NO3S. The average Bonchev–Trinajstić information content (AvgIpc) is 2.38. The fourth-order valence-electron chi connectivity index (χ4n) is 1.62. The summed E-state index contributed by atoms with van der Waals surface area (Å²) >= 11 is 1.25. The zero-order valence-electron chi connectivity index (χ0n) is 11.0. The van der Waals surface area contributed by atoms with Crippen molar-refractivity contribution in [3.63, 3.8) is 0 Å². The molecule has 2 rings (SSSR count). The molecule has 0 aliphatic rings. The second-order valence-electron chi connectivity index (χ2n) is 4.62. The number of hydrogen-bond donors (Lipinski definition) is 1. The largest absolute Gasteiger partial charge is 0.497 e. The molecule has 0 unspecified atom stereocenters. The molecule has 0 spiro atoms. The summed E-state index contributed by atoms with van der Waals surface area (Å²) < 4.78 is 4.26. The lowest BCUT2D eigenvalue weighted by Gasteiger charge is -2.18. The molecule has 1 heterocycles. The smallest absolute Gasteiger partial charge is 0.319 e. The van der Waals surface area contributed by atoms with Crippen LogP contribution >= 0.6 is 11.8 Å². The molecule has 1 aromatic carbocycles. The Morgan fingerprint density at radius 1 is 1.37 bits per heavy atom.